The van der Waals surface area contributed by atoms with Crippen molar-refractivity contribution in [2.75, 3.05) is 32.8 Å². The van der Waals surface area contributed by atoms with E-state index in [9.17, 15) is 0 Å². The molecule has 1 aliphatic rings. The van der Waals surface area contributed by atoms with Crippen LogP contribution in [0.15, 0.2) is 6.33 Å². The molecule has 6 nitrogen and oxygen atoms in total. The van der Waals surface area contributed by atoms with Crippen molar-refractivity contribution in [3.05, 3.63) is 12.2 Å². The summed E-state index contributed by atoms with van der Waals surface area (Å²) in [7, 11) is 0. The predicted molar refractivity (Wildman–Crippen MR) is 83.3 cm³/mol. The highest BCUT2D eigenvalue weighted by molar-refractivity contribution is 4.94. The topological polar surface area (TPSA) is 55.2 Å². The Morgan fingerprint density at radius 3 is 2.95 bits per heavy atom. The molecule has 6 heteroatoms. The van der Waals surface area contributed by atoms with E-state index in [4.69, 9.17) is 4.74 Å². The molecule has 1 aliphatic heterocycles. The molecule has 1 fully saturated rings. The number of likely N-dealkylation sites (N-methyl/N-ethyl adjacent to an activating group) is 1. The first-order chi connectivity index (χ1) is 10.3. The maximum atomic E-state index is 6.03. The van der Waals surface area contributed by atoms with Crippen molar-refractivity contribution in [2.24, 2.45) is 0 Å². The van der Waals surface area contributed by atoms with Crippen molar-refractivity contribution in [3.8, 4) is 0 Å². The summed E-state index contributed by atoms with van der Waals surface area (Å²) >= 11 is 0. The standard InChI is InChI=1S/C15H29N5O/c1-4-7-16-13(10-15-17-12-18-20(15)6-3)14-11-19(5-2)8-9-21-14/h12-14,16H,4-11H2,1-3H3. The number of nitrogens with one attached hydrogen (secondary N) is 1. The van der Waals surface area contributed by atoms with Gasteiger partial charge in [0.15, 0.2) is 0 Å². The molecule has 21 heavy (non-hydrogen) atoms. The highest BCUT2D eigenvalue weighted by atomic mass is 16.5. The minimum absolute atomic E-state index is 0.229. The largest absolute Gasteiger partial charge is 0.374 e. The molecule has 1 N–H and O–H groups in total. The normalized spacial score (nSPS) is 21.6. The van der Waals surface area contributed by atoms with Gasteiger partial charge in [0, 0.05) is 32.1 Å². The minimum atomic E-state index is 0.229. The minimum Gasteiger partial charge on any atom is -0.374 e. The number of rotatable bonds is 8. The average molecular weight is 295 g/mol. The SMILES string of the molecule is CCCNC(Cc1ncnn1CC)C1CN(CC)CCO1. The van der Waals surface area contributed by atoms with Crippen LogP contribution in [-0.2, 0) is 17.7 Å². The van der Waals surface area contributed by atoms with Gasteiger partial charge in [-0.05, 0) is 26.4 Å². The van der Waals surface area contributed by atoms with Crippen molar-refractivity contribution in [3.63, 3.8) is 0 Å². The molecule has 2 heterocycles. The molecule has 0 radical (unpaired) electrons. The Morgan fingerprint density at radius 2 is 2.24 bits per heavy atom. The van der Waals surface area contributed by atoms with Gasteiger partial charge in [-0.1, -0.05) is 13.8 Å². The second-order valence-corrected chi connectivity index (χ2v) is 5.56. The Bertz CT molecular complexity index is 409. The molecule has 1 aromatic heterocycles. The number of hydrogen-bond donors (Lipinski definition) is 1. The summed E-state index contributed by atoms with van der Waals surface area (Å²) in [6, 6.07) is 0.300. The molecular weight excluding hydrogens is 266 g/mol. The van der Waals surface area contributed by atoms with Crippen molar-refractivity contribution in [1.82, 2.24) is 25.0 Å². The third kappa shape index (κ3) is 4.49. The molecule has 120 valence electrons. The van der Waals surface area contributed by atoms with Gasteiger partial charge >= 0.3 is 0 Å². The van der Waals surface area contributed by atoms with Gasteiger partial charge in [-0.3, -0.25) is 9.58 Å². The smallest absolute Gasteiger partial charge is 0.138 e. The van der Waals surface area contributed by atoms with Crippen LogP contribution in [0.2, 0.25) is 0 Å². The molecule has 0 saturated carbocycles. The molecule has 0 amide bonds. The molecule has 2 rings (SSSR count). The fourth-order valence-corrected chi connectivity index (χ4v) is 2.83. The monoisotopic (exact) mass is 295 g/mol. The number of hydrogen-bond acceptors (Lipinski definition) is 5. The zero-order chi connectivity index (χ0) is 15.1. The maximum absolute atomic E-state index is 6.03. The van der Waals surface area contributed by atoms with Crippen molar-refractivity contribution >= 4 is 0 Å². The van der Waals surface area contributed by atoms with E-state index in [1.165, 1.54) is 0 Å². The van der Waals surface area contributed by atoms with Crippen LogP contribution in [0.1, 0.15) is 33.0 Å². The zero-order valence-corrected chi connectivity index (χ0v) is 13.6. The highest BCUT2D eigenvalue weighted by Crippen LogP contribution is 2.13. The molecule has 2 unspecified atom stereocenters. The molecule has 0 aromatic carbocycles. The van der Waals surface area contributed by atoms with Gasteiger partial charge in [0.1, 0.15) is 12.2 Å². The van der Waals surface area contributed by atoms with Gasteiger partial charge in [0.05, 0.1) is 12.7 Å². The van der Waals surface area contributed by atoms with E-state index in [2.05, 4.69) is 41.1 Å². The van der Waals surface area contributed by atoms with E-state index >= 15 is 0 Å². The van der Waals surface area contributed by atoms with Gasteiger partial charge in [0.2, 0.25) is 0 Å². The fourth-order valence-electron chi connectivity index (χ4n) is 2.83. The molecule has 1 aromatic rings. The molecule has 2 atom stereocenters. The highest BCUT2D eigenvalue weighted by Gasteiger charge is 2.28. The average Bonchev–Trinajstić information content (AvgIpc) is 2.98. The van der Waals surface area contributed by atoms with E-state index in [0.717, 1.165) is 58.0 Å². The van der Waals surface area contributed by atoms with Gasteiger partial charge in [-0.25, -0.2) is 4.98 Å². The van der Waals surface area contributed by atoms with E-state index in [0.29, 0.717) is 6.04 Å². The number of ether oxygens (including phenoxy) is 1. The first-order valence-electron chi connectivity index (χ1n) is 8.22. The molecule has 0 aliphatic carbocycles. The lowest BCUT2D eigenvalue weighted by Crippen LogP contribution is -2.53. The maximum Gasteiger partial charge on any atom is 0.138 e. The fraction of sp³-hybridized carbons (Fsp3) is 0.867. The third-order valence-electron chi connectivity index (χ3n) is 4.13. The van der Waals surface area contributed by atoms with Crippen LogP contribution < -0.4 is 5.32 Å². The Kier molecular flexibility index (Phi) is 6.60. The van der Waals surface area contributed by atoms with E-state index in [1.807, 2.05) is 4.68 Å². The van der Waals surface area contributed by atoms with Crippen LogP contribution >= 0.6 is 0 Å². The lowest BCUT2D eigenvalue weighted by molar-refractivity contribution is -0.0451. The van der Waals surface area contributed by atoms with E-state index in [1.54, 1.807) is 6.33 Å². The van der Waals surface area contributed by atoms with Crippen molar-refractivity contribution < 1.29 is 4.74 Å². The molecule has 0 bridgehead atoms. The zero-order valence-electron chi connectivity index (χ0n) is 13.6. The van der Waals surface area contributed by atoms with E-state index in [-0.39, 0.29) is 6.10 Å². The number of aryl methyl sites for hydroxylation is 1. The van der Waals surface area contributed by atoms with Crippen molar-refractivity contribution in [2.45, 2.75) is 52.3 Å². The lowest BCUT2D eigenvalue weighted by atomic mass is 10.0. The molecular formula is C15H29N5O. The molecule has 0 spiro atoms. The second kappa shape index (κ2) is 8.46. The summed E-state index contributed by atoms with van der Waals surface area (Å²) in [6.07, 6.45) is 3.87. The summed E-state index contributed by atoms with van der Waals surface area (Å²) in [5.41, 5.74) is 0. The van der Waals surface area contributed by atoms with Gasteiger partial charge in [-0.15, -0.1) is 0 Å². The van der Waals surface area contributed by atoms with Crippen molar-refractivity contribution in [1.29, 1.82) is 0 Å². The quantitative estimate of drug-likeness (QED) is 0.773. The van der Waals surface area contributed by atoms with Crippen LogP contribution in [0.3, 0.4) is 0 Å². The van der Waals surface area contributed by atoms with Gasteiger partial charge in [0.25, 0.3) is 0 Å². The summed E-state index contributed by atoms with van der Waals surface area (Å²) in [6.45, 7) is 12.3. The molecule has 1 saturated heterocycles. The second-order valence-electron chi connectivity index (χ2n) is 5.56. The van der Waals surface area contributed by atoms with Crippen LogP contribution in [0.25, 0.3) is 0 Å². The Hall–Kier alpha value is -0.980. The van der Waals surface area contributed by atoms with Crippen LogP contribution in [-0.4, -0.2) is 64.6 Å². The third-order valence-corrected chi connectivity index (χ3v) is 4.13. The Balaban J connectivity index is 2.03. The lowest BCUT2D eigenvalue weighted by Gasteiger charge is -2.36. The first-order valence-corrected chi connectivity index (χ1v) is 8.22. The number of aromatic nitrogens is 3. The first kappa shape index (κ1) is 16.4. The summed E-state index contributed by atoms with van der Waals surface area (Å²) in [5.74, 6) is 1.04. The van der Waals surface area contributed by atoms with Crippen LogP contribution in [0, 0.1) is 0 Å². The predicted octanol–water partition coefficient (Wildman–Crippen LogP) is 0.929. The summed E-state index contributed by atoms with van der Waals surface area (Å²) in [4.78, 5) is 6.87. The number of nitrogens with zero attached hydrogens (tertiary/aromatic N) is 4. The summed E-state index contributed by atoms with van der Waals surface area (Å²) in [5, 5.41) is 7.91. The van der Waals surface area contributed by atoms with Gasteiger partial charge in [-0.2, -0.15) is 5.10 Å². The van der Waals surface area contributed by atoms with Gasteiger partial charge < -0.3 is 10.1 Å². The van der Waals surface area contributed by atoms with Crippen LogP contribution in [0.5, 0.6) is 0 Å². The Morgan fingerprint density at radius 1 is 1.38 bits per heavy atom. The number of morpholine rings is 1. The summed E-state index contributed by atoms with van der Waals surface area (Å²) < 4.78 is 8.00. The Labute approximate surface area is 127 Å². The van der Waals surface area contributed by atoms with Crippen LogP contribution in [0.4, 0.5) is 0 Å². The van der Waals surface area contributed by atoms with E-state index < -0.39 is 0 Å².